The Labute approximate surface area is 124 Å². The molecule has 0 bridgehead atoms. The Balaban J connectivity index is 2.41. The van der Waals surface area contributed by atoms with Crippen LogP contribution in [0.15, 0.2) is 29.2 Å². The van der Waals surface area contributed by atoms with Crippen molar-refractivity contribution in [3.8, 4) is 0 Å². The predicted molar refractivity (Wildman–Crippen MR) is 74.3 cm³/mol. The topological polar surface area (TPSA) is 72.2 Å². The van der Waals surface area contributed by atoms with Crippen molar-refractivity contribution >= 4 is 27.5 Å². The molecule has 0 saturated carbocycles. The number of hydrogen-bond acceptors (Lipinski definition) is 4. The number of rotatable bonds is 8. The molecule has 3 N–H and O–H groups in total. The minimum atomic E-state index is -4.38. The first-order valence-electron chi connectivity index (χ1n) is 5.74. The van der Waals surface area contributed by atoms with E-state index in [-0.39, 0.29) is 5.75 Å². The molecular formula is C11H14F4N2O2S2. The molecule has 0 radical (unpaired) electrons. The second-order valence-electron chi connectivity index (χ2n) is 4.12. The lowest BCUT2D eigenvalue weighted by Gasteiger charge is -2.15. The zero-order valence-electron chi connectivity index (χ0n) is 10.7. The number of nitrogen functional groups attached to an aromatic ring is 1. The molecule has 0 aliphatic heterocycles. The normalized spacial score (nSPS) is 12.8. The molecule has 0 fully saturated rings. The Morgan fingerprint density at radius 1 is 1.24 bits per heavy atom. The number of alkyl halides is 4. The zero-order chi connectivity index (χ0) is 16.1. The van der Waals surface area contributed by atoms with Crippen molar-refractivity contribution in [1.82, 2.24) is 4.72 Å². The second-order valence-corrected chi connectivity index (χ2v) is 7.21. The van der Waals surface area contributed by atoms with Crippen molar-refractivity contribution in [2.45, 2.75) is 17.2 Å². The molecule has 0 atom stereocenters. The van der Waals surface area contributed by atoms with Gasteiger partial charge in [0.15, 0.2) is 0 Å². The van der Waals surface area contributed by atoms with Crippen LogP contribution in [0, 0.1) is 0 Å². The van der Waals surface area contributed by atoms with E-state index < -0.39 is 34.7 Å². The summed E-state index contributed by atoms with van der Waals surface area (Å²) in [6, 6.07) is 6.65. The molecule has 21 heavy (non-hydrogen) atoms. The standard InChI is InChI=1S/C11H14F4N2O2S2/c12-10(13)11(14,15)7-17-21(18,19)6-5-20-9-3-1-8(16)2-4-9/h1-4,10,17H,5-7,16H2. The number of hydrogen-bond donors (Lipinski definition) is 2. The fourth-order valence-corrected chi connectivity index (χ4v) is 3.52. The van der Waals surface area contributed by atoms with Gasteiger partial charge >= 0.3 is 12.3 Å². The highest BCUT2D eigenvalue weighted by Crippen LogP contribution is 2.22. The van der Waals surface area contributed by atoms with E-state index in [9.17, 15) is 26.0 Å². The van der Waals surface area contributed by atoms with E-state index >= 15 is 0 Å². The van der Waals surface area contributed by atoms with Crippen LogP contribution in [0.4, 0.5) is 23.2 Å². The molecule has 0 aliphatic rings. The van der Waals surface area contributed by atoms with Crippen LogP contribution in [-0.4, -0.2) is 38.8 Å². The number of benzene rings is 1. The number of thioether (sulfide) groups is 1. The van der Waals surface area contributed by atoms with Gasteiger partial charge in [0.25, 0.3) is 0 Å². The minimum Gasteiger partial charge on any atom is -0.399 e. The molecular weight excluding hydrogens is 332 g/mol. The van der Waals surface area contributed by atoms with E-state index in [1.165, 1.54) is 16.5 Å². The highest BCUT2D eigenvalue weighted by atomic mass is 32.2. The molecule has 0 aliphatic carbocycles. The Morgan fingerprint density at radius 2 is 1.81 bits per heavy atom. The van der Waals surface area contributed by atoms with Crippen LogP contribution in [-0.2, 0) is 10.0 Å². The quantitative estimate of drug-likeness (QED) is 0.430. The van der Waals surface area contributed by atoms with Crippen LogP contribution in [0.2, 0.25) is 0 Å². The molecule has 1 aromatic rings. The summed E-state index contributed by atoms with van der Waals surface area (Å²) in [7, 11) is -4.04. The van der Waals surface area contributed by atoms with Gasteiger partial charge in [0.1, 0.15) is 0 Å². The Hall–Kier alpha value is -1.00. The van der Waals surface area contributed by atoms with E-state index in [1.54, 1.807) is 24.3 Å². The Kier molecular flexibility index (Phi) is 6.29. The maximum atomic E-state index is 12.6. The zero-order valence-corrected chi connectivity index (χ0v) is 12.4. The van der Waals surface area contributed by atoms with Gasteiger partial charge in [-0.15, -0.1) is 11.8 Å². The van der Waals surface area contributed by atoms with E-state index in [0.29, 0.717) is 5.69 Å². The third kappa shape index (κ3) is 6.53. The highest BCUT2D eigenvalue weighted by molar-refractivity contribution is 8.00. The van der Waals surface area contributed by atoms with Gasteiger partial charge in [-0.3, -0.25) is 0 Å². The lowest BCUT2D eigenvalue weighted by Crippen LogP contribution is -2.42. The van der Waals surface area contributed by atoms with Gasteiger partial charge in [0.2, 0.25) is 10.0 Å². The average molecular weight is 346 g/mol. The van der Waals surface area contributed by atoms with Crippen molar-refractivity contribution in [3.63, 3.8) is 0 Å². The summed E-state index contributed by atoms with van der Waals surface area (Å²) in [6.45, 7) is -1.61. The third-order valence-electron chi connectivity index (χ3n) is 2.35. The summed E-state index contributed by atoms with van der Waals surface area (Å²) in [5.74, 6) is -4.74. The summed E-state index contributed by atoms with van der Waals surface area (Å²) in [5.41, 5.74) is 6.04. The summed E-state index contributed by atoms with van der Waals surface area (Å²) < 4.78 is 73.3. The van der Waals surface area contributed by atoms with Gasteiger partial charge in [0, 0.05) is 16.3 Å². The molecule has 120 valence electrons. The summed E-state index contributed by atoms with van der Waals surface area (Å²) >= 11 is 1.19. The second kappa shape index (κ2) is 7.32. The average Bonchev–Trinajstić information content (AvgIpc) is 2.39. The first-order chi connectivity index (χ1) is 9.62. The Bertz CT molecular complexity index is 550. The Morgan fingerprint density at radius 3 is 2.33 bits per heavy atom. The lowest BCUT2D eigenvalue weighted by atomic mass is 10.3. The molecule has 0 saturated heterocycles. The monoisotopic (exact) mass is 346 g/mol. The van der Waals surface area contributed by atoms with Gasteiger partial charge in [-0.1, -0.05) is 0 Å². The minimum absolute atomic E-state index is 0.0967. The molecule has 1 rings (SSSR count). The first kappa shape index (κ1) is 18.1. The fourth-order valence-electron chi connectivity index (χ4n) is 1.19. The maximum Gasteiger partial charge on any atom is 0.320 e. The number of nitrogens with two attached hydrogens (primary N) is 1. The number of sulfonamides is 1. The SMILES string of the molecule is Nc1ccc(SCCS(=O)(=O)NCC(F)(F)C(F)F)cc1. The number of halogens is 4. The predicted octanol–water partition coefficient (Wildman–Crippen LogP) is 2.18. The van der Waals surface area contributed by atoms with Gasteiger partial charge in [-0.25, -0.2) is 21.9 Å². The van der Waals surface area contributed by atoms with Crippen LogP contribution < -0.4 is 10.5 Å². The lowest BCUT2D eigenvalue weighted by molar-refractivity contribution is -0.122. The third-order valence-corrected chi connectivity index (χ3v) is 4.95. The molecule has 0 aromatic heterocycles. The summed E-state index contributed by atoms with van der Waals surface area (Å²) in [4.78, 5) is 0.761. The number of nitrogens with one attached hydrogen (secondary N) is 1. The molecule has 10 heteroatoms. The van der Waals surface area contributed by atoms with Gasteiger partial charge in [0.05, 0.1) is 12.3 Å². The van der Waals surface area contributed by atoms with E-state index in [0.717, 1.165) is 4.90 Å². The molecule has 1 aromatic carbocycles. The molecule has 0 heterocycles. The largest absolute Gasteiger partial charge is 0.399 e. The number of anilines is 1. The highest BCUT2D eigenvalue weighted by Gasteiger charge is 2.41. The van der Waals surface area contributed by atoms with Gasteiger partial charge in [-0.2, -0.15) is 8.78 Å². The van der Waals surface area contributed by atoms with Crippen LogP contribution in [0.1, 0.15) is 0 Å². The van der Waals surface area contributed by atoms with E-state index in [2.05, 4.69) is 0 Å². The van der Waals surface area contributed by atoms with Crippen LogP contribution >= 0.6 is 11.8 Å². The van der Waals surface area contributed by atoms with Gasteiger partial charge < -0.3 is 5.73 Å². The summed E-state index contributed by atoms with van der Waals surface area (Å²) in [5, 5.41) is 0. The maximum absolute atomic E-state index is 12.6. The first-order valence-corrected chi connectivity index (χ1v) is 8.38. The van der Waals surface area contributed by atoms with Gasteiger partial charge in [-0.05, 0) is 24.3 Å². The van der Waals surface area contributed by atoms with Crippen molar-refractivity contribution in [2.24, 2.45) is 0 Å². The molecule has 4 nitrogen and oxygen atoms in total. The van der Waals surface area contributed by atoms with E-state index in [4.69, 9.17) is 5.73 Å². The summed E-state index contributed by atoms with van der Waals surface area (Å²) in [6.07, 6.45) is -3.91. The molecule has 0 amide bonds. The van der Waals surface area contributed by atoms with Crippen molar-refractivity contribution in [2.75, 3.05) is 23.8 Å². The molecule has 0 unspecified atom stereocenters. The smallest absolute Gasteiger partial charge is 0.320 e. The van der Waals surface area contributed by atoms with Crippen molar-refractivity contribution < 1.29 is 26.0 Å². The van der Waals surface area contributed by atoms with E-state index in [1.807, 2.05) is 0 Å². The van der Waals surface area contributed by atoms with Crippen molar-refractivity contribution in [1.29, 1.82) is 0 Å². The molecule has 0 spiro atoms. The van der Waals surface area contributed by atoms with Crippen LogP contribution in [0.25, 0.3) is 0 Å². The van der Waals surface area contributed by atoms with Crippen LogP contribution in [0.3, 0.4) is 0 Å². The van der Waals surface area contributed by atoms with Crippen molar-refractivity contribution in [3.05, 3.63) is 24.3 Å². The van der Waals surface area contributed by atoms with Crippen LogP contribution in [0.5, 0.6) is 0 Å². The fraction of sp³-hybridized carbons (Fsp3) is 0.455.